The number of nitrogens with zero attached hydrogens (tertiary/aromatic N) is 4. The van der Waals surface area contributed by atoms with Crippen LogP contribution in [0, 0.1) is 5.92 Å². The Morgan fingerprint density at radius 2 is 1.30 bits per heavy atom. The Morgan fingerprint density at radius 3 is 1.98 bits per heavy atom. The van der Waals surface area contributed by atoms with Crippen molar-refractivity contribution in [2.24, 2.45) is 5.92 Å². The van der Waals surface area contributed by atoms with Gasteiger partial charge in [0.2, 0.25) is 11.8 Å². The van der Waals surface area contributed by atoms with Crippen molar-refractivity contribution < 1.29 is 9.59 Å². The van der Waals surface area contributed by atoms with E-state index in [9.17, 15) is 9.59 Å². The van der Waals surface area contributed by atoms with Crippen LogP contribution in [0.25, 0.3) is 0 Å². The van der Waals surface area contributed by atoms with Crippen molar-refractivity contribution in [1.29, 1.82) is 0 Å². The topological polar surface area (TPSA) is 47.1 Å². The van der Waals surface area contributed by atoms with Crippen molar-refractivity contribution in [3.63, 3.8) is 0 Å². The molecule has 2 amide bonds. The Labute approximate surface area is 376 Å². The Morgan fingerprint density at radius 1 is 0.651 bits per heavy atom. The molecule has 1 aliphatic carbocycles. The average molecular weight is 839 g/mol. The van der Waals surface area contributed by atoms with Gasteiger partial charge in [-0.25, -0.2) is 0 Å². The largest absolute Gasteiger partial charge is 0.342 e. The van der Waals surface area contributed by atoms with Gasteiger partial charge in [-0.15, -0.1) is 0 Å². The number of amides is 2. The summed E-state index contributed by atoms with van der Waals surface area (Å²) < 4.78 is 0. The van der Waals surface area contributed by atoms with Gasteiger partial charge in [0.1, 0.15) is 0 Å². The van der Waals surface area contributed by atoms with E-state index in [1.165, 1.54) is 52.6 Å². The summed E-state index contributed by atoms with van der Waals surface area (Å²) in [5.74, 6) is 0.507. The van der Waals surface area contributed by atoms with Crippen LogP contribution in [0.2, 0.25) is 0 Å². The molecule has 6 nitrogen and oxygen atoms in total. The van der Waals surface area contributed by atoms with Crippen LogP contribution in [0.4, 0.5) is 0 Å². The Kier molecular flexibility index (Phi) is 12.1. The van der Waals surface area contributed by atoms with E-state index in [0.29, 0.717) is 5.91 Å². The third kappa shape index (κ3) is 8.42. The lowest BCUT2D eigenvalue weighted by atomic mass is 9.65. The van der Waals surface area contributed by atoms with Crippen molar-refractivity contribution in [3.05, 3.63) is 178 Å². The molecule has 326 valence electrons. The highest BCUT2D eigenvalue weighted by molar-refractivity contribution is 5.87. The molecule has 0 radical (unpaired) electrons. The lowest BCUT2D eigenvalue weighted by molar-refractivity contribution is -0.141. The van der Waals surface area contributed by atoms with Crippen LogP contribution in [-0.4, -0.2) is 77.2 Å². The zero-order valence-electron chi connectivity index (χ0n) is 37.5. The third-order valence-electron chi connectivity index (χ3n) is 16.0. The number of unbranched alkanes of at least 4 members (excludes halogenated alkanes) is 1. The number of rotatable bonds is 11. The number of likely N-dealkylation sites (tertiary alicyclic amines) is 2. The van der Waals surface area contributed by atoms with E-state index in [1.807, 2.05) is 12.1 Å². The fourth-order valence-corrected chi connectivity index (χ4v) is 12.3. The van der Waals surface area contributed by atoms with Crippen LogP contribution in [0.5, 0.6) is 0 Å². The monoisotopic (exact) mass is 839 g/mol. The van der Waals surface area contributed by atoms with Crippen LogP contribution in [0.15, 0.2) is 133 Å². The van der Waals surface area contributed by atoms with Gasteiger partial charge in [-0.1, -0.05) is 153 Å². The summed E-state index contributed by atoms with van der Waals surface area (Å²) in [5, 5.41) is 0. The molecule has 5 aliphatic rings. The summed E-state index contributed by atoms with van der Waals surface area (Å²) in [6, 6.07) is 48.7. The van der Waals surface area contributed by atoms with Crippen molar-refractivity contribution >= 4 is 11.8 Å². The van der Waals surface area contributed by atoms with Crippen LogP contribution in [-0.2, 0) is 39.9 Å². The van der Waals surface area contributed by atoms with Gasteiger partial charge < -0.3 is 9.80 Å². The van der Waals surface area contributed by atoms with Gasteiger partial charge in [0.15, 0.2) is 0 Å². The van der Waals surface area contributed by atoms with E-state index in [4.69, 9.17) is 0 Å². The maximum Gasteiger partial charge on any atom is 0.234 e. The maximum atomic E-state index is 14.7. The van der Waals surface area contributed by atoms with Gasteiger partial charge in [-0.2, -0.15) is 0 Å². The second kappa shape index (κ2) is 18.2. The summed E-state index contributed by atoms with van der Waals surface area (Å²) in [5.41, 5.74) is 10.7. The smallest absolute Gasteiger partial charge is 0.234 e. The Hall–Kier alpha value is -5.04. The fourth-order valence-electron chi connectivity index (χ4n) is 12.3. The first-order chi connectivity index (χ1) is 30.9. The SMILES string of the molecule is CCCCN1CCC2(CC1c1ccc3c(c1)CN(CCc1ccccc1)CC31CCN(C(=O)C(c3ccccc3)c3ccccc3)CC1)CN(C(=O)C1CCC1)Cc1ccccc12. The molecule has 5 aromatic carbocycles. The van der Waals surface area contributed by atoms with E-state index < -0.39 is 0 Å². The molecule has 63 heavy (non-hydrogen) atoms. The van der Waals surface area contributed by atoms with Crippen LogP contribution < -0.4 is 0 Å². The van der Waals surface area contributed by atoms with Gasteiger partial charge in [-0.05, 0) is 109 Å². The molecule has 4 heterocycles. The van der Waals surface area contributed by atoms with Crippen LogP contribution in [0.1, 0.15) is 121 Å². The minimum atomic E-state index is -0.306. The minimum absolute atomic E-state index is 0.0189. The van der Waals surface area contributed by atoms with Crippen LogP contribution in [0.3, 0.4) is 0 Å². The van der Waals surface area contributed by atoms with Crippen molar-refractivity contribution in [2.45, 2.75) is 107 Å². The van der Waals surface area contributed by atoms with Gasteiger partial charge in [-0.3, -0.25) is 19.4 Å². The zero-order valence-corrected chi connectivity index (χ0v) is 37.5. The van der Waals surface area contributed by atoms with E-state index in [2.05, 4.69) is 148 Å². The number of hydrogen-bond donors (Lipinski definition) is 0. The number of benzene rings is 5. The quantitative estimate of drug-likeness (QED) is 0.133. The average Bonchev–Trinajstić information content (AvgIpc) is 3.31. The lowest BCUT2D eigenvalue weighted by Gasteiger charge is -2.53. The molecule has 0 bridgehead atoms. The summed E-state index contributed by atoms with van der Waals surface area (Å²) in [6.07, 6.45) is 10.7. The Balaban J connectivity index is 0.965. The number of carbonyl (C=O) groups is 2. The molecular formula is C57H66N4O2. The standard InChI is InChI=1S/C57H66N4O2/c1-2-3-32-59-34-31-57(42-61(54(62)46-23-15-24-46)40-48-22-13-14-25-50(48)57)38-52(59)47-26-27-51-49(37-47)39-58(33-28-43-16-7-4-8-17-43)41-56(51)29-35-60(36-30-56)55(63)53(44-18-9-5-10-19-44)45-20-11-6-12-21-45/h4-14,16-22,25-27,37,46,52-53H,2-3,15,23-24,28-36,38-42H2,1H3. The molecule has 5 aromatic rings. The molecular weight excluding hydrogens is 773 g/mol. The third-order valence-corrected chi connectivity index (χ3v) is 16.0. The minimum Gasteiger partial charge on any atom is -0.342 e. The number of fused-ring (bicyclic) bond motifs is 4. The van der Waals surface area contributed by atoms with Crippen LogP contribution >= 0.6 is 0 Å². The molecule has 2 atom stereocenters. The molecule has 10 rings (SSSR count). The molecule has 6 heteroatoms. The molecule has 2 spiro atoms. The number of carbonyl (C=O) groups excluding carboxylic acids is 2. The molecule has 0 aromatic heterocycles. The predicted molar refractivity (Wildman–Crippen MR) is 253 cm³/mol. The van der Waals surface area contributed by atoms with E-state index >= 15 is 0 Å². The lowest BCUT2D eigenvalue weighted by Crippen LogP contribution is -2.55. The number of hydrogen-bond acceptors (Lipinski definition) is 4. The first kappa shape index (κ1) is 41.9. The molecule has 4 aliphatic heterocycles. The summed E-state index contributed by atoms with van der Waals surface area (Å²) in [7, 11) is 0. The predicted octanol–water partition coefficient (Wildman–Crippen LogP) is 10.5. The normalized spacial score (nSPS) is 22.5. The van der Waals surface area contributed by atoms with E-state index in [1.54, 1.807) is 0 Å². The van der Waals surface area contributed by atoms with Crippen molar-refractivity contribution in [2.75, 3.05) is 45.8 Å². The van der Waals surface area contributed by atoms with Crippen molar-refractivity contribution in [3.8, 4) is 0 Å². The highest BCUT2D eigenvalue weighted by atomic mass is 16.2. The highest BCUT2D eigenvalue weighted by Gasteiger charge is 2.49. The highest BCUT2D eigenvalue weighted by Crippen LogP contribution is 2.50. The molecule has 2 saturated heterocycles. The number of piperidine rings is 2. The van der Waals surface area contributed by atoms with Crippen molar-refractivity contribution in [1.82, 2.24) is 19.6 Å². The maximum absolute atomic E-state index is 14.7. The van der Waals surface area contributed by atoms with Gasteiger partial charge in [0.05, 0.1) is 5.92 Å². The summed E-state index contributed by atoms with van der Waals surface area (Å²) >= 11 is 0. The summed E-state index contributed by atoms with van der Waals surface area (Å²) in [4.78, 5) is 38.6. The fraction of sp³-hybridized carbons (Fsp3) is 0.439. The van der Waals surface area contributed by atoms with Gasteiger partial charge in [0.25, 0.3) is 0 Å². The van der Waals surface area contributed by atoms with Gasteiger partial charge in [0, 0.05) is 68.6 Å². The Bertz CT molecular complexity index is 2310. The second-order valence-electron chi connectivity index (χ2n) is 19.8. The summed E-state index contributed by atoms with van der Waals surface area (Å²) in [6.45, 7) is 10.5. The molecule has 3 fully saturated rings. The van der Waals surface area contributed by atoms with Gasteiger partial charge >= 0.3 is 0 Å². The second-order valence-corrected chi connectivity index (χ2v) is 19.8. The molecule has 2 unspecified atom stereocenters. The molecule has 0 N–H and O–H groups in total. The zero-order chi connectivity index (χ0) is 42.8. The first-order valence-electron chi connectivity index (χ1n) is 24.3. The first-order valence-corrected chi connectivity index (χ1v) is 24.3. The van der Waals surface area contributed by atoms with E-state index in [0.717, 1.165) is 115 Å². The molecule has 1 saturated carbocycles. The van der Waals surface area contributed by atoms with E-state index in [-0.39, 0.29) is 34.6 Å².